The quantitative estimate of drug-likeness (QED) is 0.534. The van der Waals surface area contributed by atoms with E-state index in [1.165, 1.54) is 12.8 Å². The normalized spacial score (nSPS) is 19.5. The van der Waals surface area contributed by atoms with Crippen LogP contribution >= 0.6 is 0 Å². The van der Waals surface area contributed by atoms with E-state index in [4.69, 9.17) is 4.74 Å². The van der Waals surface area contributed by atoms with Crippen LogP contribution in [0.15, 0.2) is 0 Å². The maximum Gasteiger partial charge on any atom is 0.306 e. The summed E-state index contributed by atoms with van der Waals surface area (Å²) in [5.41, 5.74) is 0.246. The smallest absolute Gasteiger partial charge is 0.306 e. The molecule has 0 aromatic carbocycles. The predicted octanol–water partition coefficient (Wildman–Crippen LogP) is 3.13. The van der Waals surface area contributed by atoms with Crippen molar-refractivity contribution in [1.82, 2.24) is 0 Å². The Morgan fingerprint density at radius 3 is 2.47 bits per heavy atom. The van der Waals surface area contributed by atoms with Crippen LogP contribution in [-0.4, -0.2) is 20.9 Å². The summed E-state index contributed by atoms with van der Waals surface area (Å²) in [4.78, 5) is 11.9. The molecule has 0 bridgehead atoms. The van der Waals surface area contributed by atoms with Gasteiger partial charge in [-0.25, -0.2) is 0 Å². The third-order valence-corrected chi connectivity index (χ3v) is 5.51. The van der Waals surface area contributed by atoms with Gasteiger partial charge >= 0.3 is 5.97 Å². The second-order valence-electron chi connectivity index (χ2n) is 4.98. The molecule has 1 unspecified atom stereocenters. The Bertz CT molecular complexity index is 198. The monoisotopic (exact) mass is 228 g/mol. The van der Waals surface area contributed by atoms with Gasteiger partial charge in [0.25, 0.3) is 0 Å². The number of carbonyl (C=O) groups excluding carboxylic acids is 1. The zero-order valence-electron chi connectivity index (χ0n) is 10.3. The molecule has 0 saturated heterocycles. The summed E-state index contributed by atoms with van der Waals surface area (Å²) in [5, 5.41) is 0. The van der Waals surface area contributed by atoms with Crippen molar-refractivity contribution in [3.05, 3.63) is 0 Å². The molecule has 0 N–H and O–H groups in total. The highest BCUT2D eigenvalue weighted by Crippen LogP contribution is 2.25. The molecule has 0 spiro atoms. The molecular weight excluding hydrogens is 204 g/mol. The molecule has 1 rings (SSSR count). The molecule has 15 heavy (non-hydrogen) atoms. The van der Waals surface area contributed by atoms with Crippen molar-refractivity contribution in [2.45, 2.75) is 70.2 Å². The molecule has 0 heterocycles. The molecule has 0 aromatic heterocycles. The number of hydrogen-bond acceptors (Lipinski definition) is 2. The van der Waals surface area contributed by atoms with Crippen molar-refractivity contribution in [3.8, 4) is 0 Å². The van der Waals surface area contributed by atoms with E-state index in [1.54, 1.807) is 0 Å². The first kappa shape index (κ1) is 12.8. The summed E-state index contributed by atoms with van der Waals surface area (Å²) < 4.78 is 5.58. The molecule has 3 heteroatoms. The lowest BCUT2D eigenvalue weighted by Gasteiger charge is -2.20. The van der Waals surface area contributed by atoms with Gasteiger partial charge in [0.1, 0.15) is 6.10 Å². The van der Waals surface area contributed by atoms with Crippen molar-refractivity contribution in [3.63, 3.8) is 0 Å². The second kappa shape index (κ2) is 6.31. The van der Waals surface area contributed by atoms with E-state index >= 15 is 0 Å². The first-order chi connectivity index (χ1) is 7.15. The van der Waals surface area contributed by atoms with Crippen LogP contribution in [0.3, 0.4) is 0 Å². The van der Waals surface area contributed by atoms with E-state index in [9.17, 15) is 4.79 Å². The summed E-state index contributed by atoms with van der Waals surface area (Å²) in [6, 6.07) is 0. The topological polar surface area (TPSA) is 26.3 Å². The molecule has 1 atom stereocenters. The Kier molecular flexibility index (Phi) is 5.36. The van der Waals surface area contributed by atoms with Crippen LogP contribution in [0.5, 0.6) is 0 Å². The lowest BCUT2D eigenvalue weighted by molar-refractivity contribution is -0.148. The van der Waals surface area contributed by atoms with Gasteiger partial charge in [0.05, 0.1) is 0 Å². The van der Waals surface area contributed by atoms with Gasteiger partial charge in [0, 0.05) is 14.3 Å². The first-order valence-corrected chi connectivity index (χ1v) is 9.33. The van der Waals surface area contributed by atoms with E-state index in [1.807, 2.05) is 0 Å². The minimum atomic E-state index is -0.896. The molecule has 1 saturated carbocycles. The highest BCUT2D eigenvalue weighted by molar-refractivity contribution is 6.61. The fraction of sp³-hybridized carbons (Fsp3) is 0.917. The third kappa shape index (κ3) is 3.97. The SMILES string of the molecule is CCCC(C(=O)OC1CCCC1)[SiH](C)C. The molecule has 88 valence electrons. The Morgan fingerprint density at radius 2 is 2.00 bits per heavy atom. The van der Waals surface area contributed by atoms with Crippen molar-refractivity contribution in [2.75, 3.05) is 0 Å². The summed E-state index contributed by atoms with van der Waals surface area (Å²) in [5.74, 6) is 0.102. The van der Waals surface area contributed by atoms with E-state index in [0.717, 1.165) is 25.7 Å². The van der Waals surface area contributed by atoms with Gasteiger partial charge in [0.2, 0.25) is 0 Å². The van der Waals surface area contributed by atoms with Gasteiger partial charge in [-0.3, -0.25) is 4.79 Å². The van der Waals surface area contributed by atoms with Crippen LogP contribution in [0.2, 0.25) is 18.6 Å². The lowest BCUT2D eigenvalue weighted by atomic mass is 10.2. The predicted molar refractivity (Wildman–Crippen MR) is 65.9 cm³/mol. The van der Waals surface area contributed by atoms with Crippen LogP contribution in [-0.2, 0) is 9.53 Å². The van der Waals surface area contributed by atoms with Crippen LogP contribution in [0, 0.1) is 0 Å². The van der Waals surface area contributed by atoms with Gasteiger partial charge in [0.15, 0.2) is 0 Å². The van der Waals surface area contributed by atoms with Crippen LogP contribution in [0.4, 0.5) is 0 Å². The second-order valence-corrected chi connectivity index (χ2v) is 8.28. The fourth-order valence-corrected chi connectivity index (χ4v) is 3.92. The minimum Gasteiger partial charge on any atom is -0.462 e. The Hall–Kier alpha value is -0.313. The van der Waals surface area contributed by atoms with Gasteiger partial charge in [-0.2, -0.15) is 0 Å². The van der Waals surface area contributed by atoms with Gasteiger partial charge < -0.3 is 4.74 Å². The number of hydrogen-bond donors (Lipinski definition) is 0. The fourth-order valence-electron chi connectivity index (χ4n) is 2.29. The Morgan fingerprint density at radius 1 is 1.40 bits per heavy atom. The Labute approximate surface area is 95.0 Å². The summed E-state index contributed by atoms with van der Waals surface area (Å²) >= 11 is 0. The van der Waals surface area contributed by atoms with E-state index in [-0.39, 0.29) is 17.6 Å². The standard InChI is InChI=1S/C12H24O2Si/c1-4-7-11(15(2)3)12(13)14-10-8-5-6-9-10/h10-11,15H,4-9H2,1-3H3. The van der Waals surface area contributed by atoms with Crippen molar-refractivity contribution < 1.29 is 9.53 Å². The average Bonchev–Trinajstić information content (AvgIpc) is 2.65. The minimum absolute atomic E-state index is 0.102. The number of carbonyl (C=O) groups is 1. The molecule has 2 nitrogen and oxygen atoms in total. The average molecular weight is 228 g/mol. The molecule has 1 fully saturated rings. The van der Waals surface area contributed by atoms with E-state index < -0.39 is 8.80 Å². The van der Waals surface area contributed by atoms with Crippen LogP contribution in [0.1, 0.15) is 45.4 Å². The maximum absolute atomic E-state index is 11.9. The molecule has 0 radical (unpaired) electrons. The van der Waals surface area contributed by atoms with Crippen molar-refractivity contribution in [2.24, 2.45) is 0 Å². The Balaban J connectivity index is 2.40. The highest BCUT2D eigenvalue weighted by atomic mass is 28.3. The van der Waals surface area contributed by atoms with Gasteiger partial charge in [-0.15, -0.1) is 0 Å². The van der Waals surface area contributed by atoms with Crippen molar-refractivity contribution >= 4 is 14.8 Å². The zero-order valence-corrected chi connectivity index (χ0v) is 11.4. The number of rotatable bonds is 5. The number of esters is 1. The van der Waals surface area contributed by atoms with Crippen LogP contribution in [0.25, 0.3) is 0 Å². The first-order valence-electron chi connectivity index (χ1n) is 6.35. The van der Waals surface area contributed by atoms with E-state index in [0.29, 0.717) is 0 Å². The summed E-state index contributed by atoms with van der Waals surface area (Å²) in [6.07, 6.45) is 6.99. The zero-order chi connectivity index (χ0) is 11.3. The van der Waals surface area contributed by atoms with Gasteiger partial charge in [-0.1, -0.05) is 26.4 Å². The van der Waals surface area contributed by atoms with Crippen molar-refractivity contribution in [1.29, 1.82) is 0 Å². The molecule has 0 aliphatic heterocycles. The molecule has 0 amide bonds. The molecule has 0 aromatic rings. The van der Waals surface area contributed by atoms with Crippen LogP contribution < -0.4 is 0 Å². The maximum atomic E-state index is 11.9. The molecular formula is C12H24O2Si. The summed E-state index contributed by atoms with van der Waals surface area (Å²) in [7, 11) is -0.896. The molecule has 1 aliphatic carbocycles. The number of ether oxygens (including phenoxy) is 1. The lowest BCUT2D eigenvalue weighted by Crippen LogP contribution is -2.26. The largest absolute Gasteiger partial charge is 0.462 e. The van der Waals surface area contributed by atoms with E-state index in [2.05, 4.69) is 20.0 Å². The third-order valence-electron chi connectivity index (χ3n) is 3.29. The summed E-state index contributed by atoms with van der Waals surface area (Å²) in [6.45, 7) is 6.64. The molecule has 1 aliphatic rings. The van der Waals surface area contributed by atoms with Gasteiger partial charge in [-0.05, 0) is 32.1 Å². The highest BCUT2D eigenvalue weighted by Gasteiger charge is 2.27.